The van der Waals surface area contributed by atoms with Crippen molar-refractivity contribution in [1.29, 1.82) is 0 Å². The predicted molar refractivity (Wildman–Crippen MR) is 83.4 cm³/mol. The smallest absolute Gasteiger partial charge is 0.271 e. The molecule has 0 aliphatic carbocycles. The molecule has 7 heteroatoms. The molecule has 5 nitrogen and oxygen atoms in total. The van der Waals surface area contributed by atoms with Crippen molar-refractivity contribution in [1.82, 2.24) is 0 Å². The number of benzene rings is 2. The summed E-state index contributed by atoms with van der Waals surface area (Å²) < 4.78 is 5.25. The van der Waals surface area contributed by atoms with Crippen LogP contribution in [0.5, 0.6) is 5.75 Å². The highest BCUT2D eigenvalue weighted by atomic mass is 35.5. The topological polar surface area (TPSA) is 64.4 Å². The van der Waals surface area contributed by atoms with Crippen LogP contribution in [-0.2, 0) is 6.54 Å². The summed E-state index contributed by atoms with van der Waals surface area (Å²) in [4.78, 5) is 10.2. The lowest BCUT2D eigenvalue weighted by molar-refractivity contribution is -0.384. The number of hydrogen-bond acceptors (Lipinski definition) is 4. The zero-order valence-corrected chi connectivity index (χ0v) is 12.6. The second-order valence-corrected chi connectivity index (χ2v) is 5.01. The number of non-ortho nitro benzene ring substituents is 1. The van der Waals surface area contributed by atoms with Crippen molar-refractivity contribution in [3.05, 3.63) is 62.1 Å². The van der Waals surface area contributed by atoms with Gasteiger partial charge >= 0.3 is 0 Å². The zero-order valence-electron chi connectivity index (χ0n) is 11.1. The van der Waals surface area contributed by atoms with Crippen molar-refractivity contribution in [2.24, 2.45) is 0 Å². The van der Waals surface area contributed by atoms with Gasteiger partial charge in [0.25, 0.3) is 5.69 Å². The monoisotopic (exact) mass is 326 g/mol. The molecule has 0 atom stereocenters. The molecule has 2 aromatic rings. The van der Waals surface area contributed by atoms with E-state index in [1.165, 1.54) is 12.1 Å². The lowest BCUT2D eigenvalue weighted by Gasteiger charge is -2.13. The van der Waals surface area contributed by atoms with E-state index in [-0.39, 0.29) is 10.7 Å². The molecule has 0 unspecified atom stereocenters. The average Bonchev–Trinajstić information content (AvgIpc) is 2.46. The SMILES string of the molecule is COc1cccc(Cl)c1CNc1ccc([N+](=O)[O-])cc1Cl. The first-order chi connectivity index (χ1) is 10.0. The lowest BCUT2D eigenvalue weighted by Crippen LogP contribution is -2.03. The quantitative estimate of drug-likeness (QED) is 0.648. The third-order valence-electron chi connectivity index (χ3n) is 2.91. The van der Waals surface area contributed by atoms with Crippen LogP contribution in [0, 0.1) is 10.1 Å². The van der Waals surface area contributed by atoms with E-state index in [4.69, 9.17) is 27.9 Å². The average molecular weight is 327 g/mol. The molecule has 0 heterocycles. The number of halogens is 2. The number of nitro groups is 1. The summed E-state index contributed by atoms with van der Waals surface area (Å²) in [6, 6.07) is 9.61. The standard InChI is InChI=1S/C14H12Cl2N2O3/c1-21-14-4-2-3-11(15)10(14)8-17-13-6-5-9(18(19)20)7-12(13)16/h2-7,17H,8H2,1H3. The van der Waals surface area contributed by atoms with Gasteiger partial charge in [-0.15, -0.1) is 0 Å². The van der Waals surface area contributed by atoms with E-state index in [1.807, 2.05) is 0 Å². The number of hydrogen-bond donors (Lipinski definition) is 1. The number of rotatable bonds is 5. The summed E-state index contributed by atoms with van der Waals surface area (Å²) in [7, 11) is 1.56. The molecule has 0 bridgehead atoms. The third-order valence-corrected chi connectivity index (χ3v) is 3.58. The van der Waals surface area contributed by atoms with E-state index in [0.717, 1.165) is 5.56 Å². The van der Waals surface area contributed by atoms with Crippen molar-refractivity contribution in [3.63, 3.8) is 0 Å². The van der Waals surface area contributed by atoms with E-state index in [0.29, 0.717) is 23.0 Å². The van der Waals surface area contributed by atoms with Crippen molar-refractivity contribution in [2.75, 3.05) is 12.4 Å². The molecule has 0 saturated heterocycles. The van der Waals surface area contributed by atoms with Crippen LogP contribution in [0.15, 0.2) is 36.4 Å². The first-order valence-corrected chi connectivity index (χ1v) is 6.77. The van der Waals surface area contributed by atoms with Gasteiger partial charge in [0.1, 0.15) is 5.75 Å². The fourth-order valence-electron chi connectivity index (χ4n) is 1.85. The highest BCUT2D eigenvalue weighted by molar-refractivity contribution is 6.33. The summed E-state index contributed by atoms with van der Waals surface area (Å²) in [5.74, 6) is 0.660. The second-order valence-electron chi connectivity index (χ2n) is 4.20. The Morgan fingerprint density at radius 1 is 1.24 bits per heavy atom. The summed E-state index contributed by atoms with van der Waals surface area (Å²) in [6.07, 6.45) is 0. The van der Waals surface area contributed by atoms with E-state index >= 15 is 0 Å². The number of anilines is 1. The first-order valence-electron chi connectivity index (χ1n) is 6.02. The second kappa shape index (κ2) is 6.65. The largest absolute Gasteiger partial charge is 0.496 e. The maximum absolute atomic E-state index is 10.7. The van der Waals surface area contributed by atoms with Gasteiger partial charge in [0.15, 0.2) is 0 Å². The maximum atomic E-state index is 10.7. The Hall–Kier alpha value is -1.98. The van der Waals surface area contributed by atoms with Gasteiger partial charge in [0, 0.05) is 29.3 Å². The summed E-state index contributed by atoms with van der Waals surface area (Å²) >= 11 is 12.2. The van der Waals surface area contributed by atoms with Crippen molar-refractivity contribution in [2.45, 2.75) is 6.54 Å². The summed E-state index contributed by atoms with van der Waals surface area (Å²) in [6.45, 7) is 0.389. The Balaban J connectivity index is 2.19. The fourth-order valence-corrected chi connectivity index (χ4v) is 2.32. The Labute approximate surface area is 131 Å². The van der Waals surface area contributed by atoms with Crippen LogP contribution in [0.25, 0.3) is 0 Å². The minimum absolute atomic E-state index is 0.0547. The maximum Gasteiger partial charge on any atom is 0.271 e. The Morgan fingerprint density at radius 2 is 2.00 bits per heavy atom. The highest BCUT2D eigenvalue weighted by Gasteiger charge is 2.11. The number of nitrogens with zero attached hydrogens (tertiary/aromatic N) is 1. The molecule has 0 spiro atoms. The minimum atomic E-state index is -0.493. The van der Waals surface area contributed by atoms with Gasteiger partial charge in [0.2, 0.25) is 0 Å². The summed E-state index contributed by atoms with van der Waals surface area (Å²) in [5, 5.41) is 14.6. The molecule has 0 saturated carbocycles. The first kappa shape index (κ1) is 15.4. The van der Waals surface area contributed by atoms with Crippen LogP contribution in [0.2, 0.25) is 10.0 Å². The molecule has 0 aromatic heterocycles. The Morgan fingerprint density at radius 3 is 2.62 bits per heavy atom. The fraction of sp³-hybridized carbons (Fsp3) is 0.143. The molecular weight excluding hydrogens is 315 g/mol. The predicted octanol–water partition coefficient (Wildman–Crippen LogP) is 4.52. The van der Waals surface area contributed by atoms with Crippen molar-refractivity contribution >= 4 is 34.6 Å². The zero-order chi connectivity index (χ0) is 15.4. The van der Waals surface area contributed by atoms with Gasteiger partial charge < -0.3 is 10.1 Å². The minimum Gasteiger partial charge on any atom is -0.496 e. The van der Waals surface area contributed by atoms with Gasteiger partial charge in [-0.2, -0.15) is 0 Å². The molecule has 0 aliphatic rings. The Bertz CT molecular complexity index is 677. The number of methoxy groups -OCH3 is 1. The molecule has 0 fully saturated rings. The molecule has 21 heavy (non-hydrogen) atoms. The van der Waals surface area contributed by atoms with Crippen LogP contribution in [0.3, 0.4) is 0 Å². The van der Waals surface area contributed by atoms with Crippen molar-refractivity contribution < 1.29 is 9.66 Å². The van der Waals surface area contributed by atoms with Crippen LogP contribution < -0.4 is 10.1 Å². The van der Waals surface area contributed by atoms with E-state index in [9.17, 15) is 10.1 Å². The molecule has 2 aromatic carbocycles. The molecule has 0 aliphatic heterocycles. The molecule has 0 radical (unpaired) electrons. The van der Waals surface area contributed by atoms with Crippen LogP contribution in [0.4, 0.5) is 11.4 Å². The molecular formula is C14H12Cl2N2O3. The summed E-state index contributed by atoms with van der Waals surface area (Å²) in [5.41, 5.74) is 1.32. The molecule has 0 amide bonds. The van der Waals surface area contributed by atoms with Gasteiger partial charge in [-0.1, -0.05) is 29.3 Å². The van der Waals surface area contributed by atoms with Gasteiger partial charge in [0.05, 0.1) is 22.7 Å². The normalized spacial score (nSPS) is 10.2. The van der Waals surface area contributed by atoms with E-state index in [1.54, 1.807) is 31.4 Å². The van der Waals surface area contributed by atoms with Gasteiger partial charge in [-0.25, -0.2) is 0 Å². The Kier molecular flexibility index (Phi) is 4.88. The van der Waals surface area contributed by atoms with E-state index < -0.39 is 4.92 Å². The molecule has 2 rings (SSSR count). The van der Waals surface area contributed by atoms with Crippen LogP contribution in [0.1, 0.15) is 5.56 Å². The molecule has 110 valence electrons. The van der Waals surface area contributed by atoms with E-state index in [2.05, 4.69) is 5.32 Å². The highest BCUT2D eigenvalue weighted by Crippen LogP contribution is 2.30. The number of nitro benzene ring substituents is 1. The van der Waals surface area contributed by atoms with Gasteiger partial charge in [-0.3, -0.25) is 10.1 Å². The number of ether oxygens (including phenoxy) is 1. The number of nitrogens with one attached hydrogen (secondary N) is 1. The third kappa shape index (κ3) is 3.56. The lowest BCUT2D eigenvalue weighted by atomic mass is 10.2. The van der Waals surface area contributed by atoms with Crippen molar-refractivity contribution in [3.8, 4) is 5.75 Å². The van der Waals surface area contributed by atoms with Crippen LogP contribution >= 0.6 is 23.2 Å². The van der Waals surface area contributed by atoms with Gasteiger partial charge in [-0.05, 0) is 18.2 Å². The molecule has 1 N–H and O–H groups in total. The van der Waals surface area contributed by atoms with Crippen LogP contribution in [-0.4, -0.2) is 12.0 Å².